The Bertz CT molecular complexity index is 1290. The Kier molecular flexibility index (Phi) is 4.72. The van der Waals surface area contributed by atoms with Crippen LogP contribution in [0.1, 0.15) is 35.0 Å². The van der Waals surface area contributed by atoms with Crippen molar-refractivity contribution >= 4 is 0 Å². The monoisotopic (exact) mass is 440 g/mol. The van der Waals surface area contributed by atoms with E-state index in [4.69, 9.17) is 4.74 Å². The standard InChI is InChI=1S/C22H19F3N6O/c1-13-11-30(12-26-13)18-8-7-17(27-21(18)32-2)19-28-20-15(9-10-31(20)29-19)14-5-3-4-6-16(14)22(23,24)25/h3-8,11-12,15H,9-10H2,1-2H3/t15-/m1/s1. The Morgan fingerprint density at radius 2 is 1.91 bits per heavy atom. The number of benzene rings is 1. The van der Waals surface area contributed by atoms with Gasteiger partial charge in [0.2, 0.25) is 5.88 Å². The predicted octanol–water partition coefficient (Wildman–Crippen LogP) is 4.40. The van der Waals surface area contributed by atoms with Gasteiger partial charge in [0.15, 0.2) is 5.82 Å². The van der Waals surface area contributed by atoms with Crippen LogP contribution in [-0.2, 0) is 12.7 Å². The molecule has 0 saturated heterocycles. The smallest absolute Gasteiger partial charge is 0.416 e. The third-order valence-electron chi connectivity index (χ3n) is 5.54. The van der Waals surface area contributed by atoms with Gasteiger partial charge in [0.05, 0.1) is 24.7 Å². The van der Waals surface area contributed by atoms with Crippen LogP contribution >= 0.6 is 0 Å². The summed E-state index contributed by atoms with van der Waals surface area (Å²) in [6.45, 7) is 2.37. The van der Waals surface area contributed by atoms with E-state index < -0.39 is 17.7 Å². The Hall–Kier alpha value is -3.69. The van der Waals surface area contributed by atoms with Crippen molar-refractivity contribution in [2.45, 2.75) is 32.0 Å². The van der Waals surface area contributed by atoms with E-state index in [0.717, 1.165) is 11.8 Å². The summed E-state index contributed by atoms with van der Waals surface area (Å²) in [5, 5.41) is 4.50. The third-order valence-corrected chi connectivity index (χ3v) is 5.54. The number of methoxy groups -OCH3 is 1. The number of ether oxygens (including phenoxy) is 1. The Morgan fingerprint density at radius 3 is 2.62 bits per heavy atom. The SMILES string of the molecule is COc1nc(-c2nc3n(n2)CC[C@@H]3c2ccccc2C(F)(F)F)ccc1-n1cnc(C)c1. The van der Waals surface area contributed by atoms with Crippen LogP contribution in [0.2, 0.25) is 0 Å². The van der Waals surface area contributed by atoms with Gasteiger partial charge in [-0.1, -0.05) is 18.2 Å². The summed E-state index contributed by atoms with van der Waals surface area (Å²) >= 11 is 0. The maximum Gasteiger partial charge on any atom is 0.416 e. The molecule has 1 aliphatic heterocycles. The lowest BCUT2D eigenvalue weighted by atomic mass is 9.92. The van der Waals surface area contributed by atoms with Gasteiger partial charge in [-0.25, -0.2) is 19.6 Å². The molecule has 10 heteroatoms. The second kappa shape index (κ2) is 7.47. The Balaban J connectivity index is 1.52. The van der Waals surface area contributed by atoms with Crippen molar-refractivity contribution < 1.29 is 17.9 Å². The first kappa shape index (κ1) is 20.2. The minimum atomic E-state index is -4.43. The topological polar surface area (TPSA) is 70.7 Å². The molecule has 0 radical (unpaired) electrons. The minimum Gasteiger partial charge on any atom is -0.479 e. The molecule has 0 bridgehead atoms. The summed E-state index contributed by atoms with van der Waals surface area (Å²) in [7, 11) is 1.52. The average molecular weight is 440 g/mol. The number of hydrogen-bond donors (Lipinski definition) is 0. The molecule has 164 valence electrons. The number of imidazole rings is 1. The number of rotatable bonds is 4. The fourth-order valence-corrected chi connectivity index (χ4v) is 4.08. The number of aromatic nitrogens is 6. The van der Waals surface area contributed by atoms with Crippen molar-refractivity contribution in [1.82, 2.24) is 29.3 Å². The number of nitrogens with zero attached hydrogens (tertiary/aromatic N) is 6. The maximum atomic E-state index is 13.5. The van der Waals surface area contributed by atoms with Gasteiger partial charge in [-0.3, -0.25) is 0 Å². The molecule has 0 unspecified atom stereocenters. The lowest BCUT2D eigenvalue weighted by molar-refractivity contribution is -0.138. The van der Waals surface area contributed by atoms with Gasteiger partial charge in [0.25, 0.3) is 0 Å². The first-order valence-electron chi connectivity index (χ1n) is 10.0. The quantitative estimate of drug-likeness (QED) is 0.471. The van der Waals surface area contributed by atoms with E-state index in [9.17, 15) is 13.2 Å². The van der Waals surface area contributed by atoms with Gasteiger partial charge in [-0.2, -0.15) is 13.2 Å². The van der Waals surface area contributed by atoms with E-state index in [1.54, 1.807) is 27.7 Å². The number of aryl methyl sites for hydroxylation is 2. The molecular formula is C22H19F3N6O. The molecule has 7 nitrogen and oxygen atoms in total. The Morgan fingerprint density at radius 1 is 1.09 bits per heavy atom. The molecule has 0 spiro atoms. The van der Waals surface area contributed by atoms with E-state index in [2.05, 4.69) is 20.1 Å². The average Bonchev–Trinajstić information content (AvgIpc) is 3.48. The van der Waals surface area contributed by atoms with Crippen LogP contribution in [-0.4, -0.2) is 36.4 Å². The first-order valence-corrected chi connectivity index (χ1v) is 10.0. The molecule has 5 rings (SSSR count). The van der Waals surface area contributed by atoms with Crippen LogP contribution < -0.4 is 4.74 Å². The molecule has 1 aromatic carbocycles. The van der Waals surface area contributed by atoms with Crippen LogP contribution in [0.15, 0.2) is 48.9 Å². The van der Waals surface area contributed by atoms with Crippen LogP contribution in [0.4, 0.5) is 13.2 Å². The molecule has 1 atom stereocenters. The highest BCUT2D eigenvalue weighted by Crippen LogP contribution is 2.41. The second-order valence-corrected chi connectivity index (χ2v) is 7.59. The molecule has 0 saturated carbocycles. The van der Waals surface area contributed by atoms with Crippen molar-refractivity contribution in [3.63, 3.8) is 0 Å². The molecule has 0 fully saturated rings. The van der Waals surface area contributed by atoms with E-state index in [0.29, 0.717) is 41.9 Å². The van der Waals surface area contributed by atoms with E-state index in [1.165, 1.54) is 19.2 Å². The predicted molar refractivity (Wildman–Crippen MR) is 110 cm³/mol. The van der Waals surface area contributed by atoms with Crippen LogP contribution in [0, 0.1) is 6.92 Å². The molecule has 4 heterocycles. The first-order chi connectivity index (χ1) is 15.3. The van der Waals surface area contributed by atoms with E-state index in [1.807, 2.05) is 19.2 Å². The molecular weight excluding hydrogens is 421 g/mol. The second-order valence-electron chi connectivity index (χ2n) is 7.59. The maximum absolute atomic E-state index is 13.5. The number of alkyl halides is 3. The van der Waals surface area contributed by atoms with Gasteiger partial charge in [-0.15, -0.1) is 5.10 Å². The van der Waals surface area contributed by atoms with E-state index in [-0.39, 0.29) is 5.56 Å². The highest BCUT2D eigenvalue weighted by atomic mass is 19.4. The van der Waals surface area contributed by atoms with Crippen molar-refractivity contribution in [2.75, 3.05) is 7.11 Å². The van der Waals surface area contributed by atoms with E-state index >= 15 is 0 Å². The normalized spacial score (nSPS) is 15.7. The summed E-state index contributed by atoms with van der Waals surface area (Å²) in [4.78, 5) is 13.3. The molecule has 0 aliphatic carbocycles. The highest BCUT2D eigenvalue weighted by Gasteiger charge is 2.38. The van der Waals surface area contributed by atoms with Gasteiger partial charge in [0.1, 0.15) is 17.2 Å². The van der Waals surface area contributed by atoms with Gasteiger partial charge in [0, 0.05) is 18.7 Å². The van der Waals surface area contributed by atoms with Crippen LogP contribution in [0.25, 0.3) is 17.2 Å². The van der Waals surface area contributed by atoms with Crippen molar-refractivity contribution in [2.24, 2.45) is 0 Å². The van der Waals surface area contributed by atoms with Gasteiger partial charge >= 0.3 is 6.18 Å². The number of pyridine rings is 1. The third kappa shape index (κ3) is 3.41. The lowest BCUT2D eigenvalue weighted by Crippen LogP contribution is -2.12. The number of fused-ring (bicyclic) bond motifs is 1. The summed E-state index contributed by atoms with van der Waals surface area (Å²) in [5.74, 6) is 0.741. The Labute approximate surface area is 181 Å². The zero-order chi connectivity index (χ0) is 22.5. The molecule has 4 aromatic rings. The molecule has 0 amide bonds. The zero-order valence-corrected chi connectivity index (χ0v) is 17.3. The summed E-state index contributed by atoms with van der Waals surface area (Å²) < 4.78 is 49.5. The number of hydrogen-bond acceptors (Lipinski definition) is 5. The van der Waals surface area contributed by atoms with Crippen molar-refractivity contribution in [3.05, 3.63) is 71.6 Å². The zero-order valence-electron chi connectivity index (χ0n) is 17.3. The minimum absolute atomic E-state index is 0.217. The number of halogens is 3. The van der Waals surface area contributed by atoms with Gasteiger partial charge in [-0.05, 0) is 37.1 Å². The lowest BCUT2D eigenvalue weighted by Gasteiger charge is -2.16. The molecule has 1 aliphatic rings. The summed E-state index contributed by atoms with van der Waals surface area (Å²) in [6, 6.07) is 9.23. The van der Waals surface area contributed by atoms with Crippen LogP contribution in [0.3, 0.4) is 0 Å². The van der Waals surface area contributed by atoms with Crippen LogP contribution in [0.5, 0.6) is 5.88 Å². The highest BCUT2D eigenvalue weighted by molar-refractivity contribution is 5.56. The van der Waals surface area contributed by atoms with Gasteiger partial charge < -0.3 is 9.30 Å². The molecule has 3 aromatic heterocycles. The molecule has 0 N–H and O–H groups in total. The molecule has 32 heavy (non-hydrogen) atoms. The van der Waals surface area contributed by atoms with Crippen molar-refractivity contribution in [3.8, 4) is 23.1 Å². The largest absolute Gasteiger partial charge is 0.479 e. The fraction of sp³-hybridized carbons (Fsp3) is 0.273. The summed E-state index contributed by atoms with van der Waals surface area (Å²) in [5.41, 5.74) is 1.62. The van der Waals surface area contributed by atoms with Crippen molar-refractivity contribution in [1.29, 1.82) is 0 Å². The fourth-order valence-electron chi connectivity index (χ4n) is 4.08. The summed E-state index contributed by atoms with van der Waals surface area (Å²) in [6.07, 6.45) is -0.395.